The van der Waals surface area contributed by atoms with Crippen molar-refractivity contribution in [2.24, 2.45) is 0 Å². The molecule has 2 N–H and O–H groups in total. The lowest BCUT2D eigenvalue weighted by Crippen LogP contribution is -2.31. The van der Waals surface area contributed by atoms with Crippen molar-refractivity contribution in [3.63, 3.8) is 0 Å². The van der Waals surface area contributed by atoms with Crippen molar-refractivity contribution >= 4 is 17.3 Å². The van der Waals surface area contributed by atoms with Gasteiger partial charge in [0, 0.05) is 12.1 Å². The summed E-state index contributed by atoms with van der Waals surface area (Å²) in [6.07, 6.45) is 0. The highest BCUT2D eigenvalue weighted by atomic mass is 16.2. The van der Waals surface area contributed by atoms with Crippen LogP contribution in [-0.2, 0) is 0 Å². The second-order valence-corrected chi connectivity index (χ2v) is 4.93. The Hall–Kier alpha value is -2.29. The zero-order chi connectivity index (χ0) is 14.7. The number of rotatable bonds is 3. The van der Waals surface area contributed by atoms with E-state index in [-0.39, 0.29) is 5.91 Å². The molecular formula is C17H20N2O. The van der Waals surface area contributed by atoms with Crippen molar-refractivity contribution in [1.82, 2.24) is 0 Å². The molecule has 0 atom stereocenters. The van der Waals surface area contributed by atoms with Gasteiger partial charge < -0.3 is 10.6 Å². The highest BCUT2D eigenvalue weighted by molar-refractivity contribution is 6.08. The summed E-state index contributed by atoms with van der Waals surface area (Å²) in [7, 11) is 0. The first-order valence-corrected chi connectivity index (χ1v) is 6.78. The Kier molecular flexibility index (Phi) is 4.08. The van der Waals surface area contributed by atoms with Crippen LogP contribution in [0.5, 0.6) is 0 Å². The summed E-state index contributed by atoms with van der Waals surface area (Å²) < 4.78 is 0. The van der Waals surface area contributed by atoms with Gasteiger partial charge in [-0.05, 0) is 44.5 Å². The number of hydrogen-bond donors (Lipinski definition) is 1. The van der Waals surface area contributed by atoms with Crippen LogP contribution < -0.4 is 10.6 Å². The number of anilines is 2. The van der Waals surface area contributed by atoms with Gasteiger partial charge in [0.05, 0.1) is 11.4 Å². The van der Waals surface area contributed by atoms with Crippen LogP contribution in [-0.4, -0.2) is 12.5 Å². The van der Waals surface area contributed by atoms with Crippen LogP contribution in [0, 0.1) is 13.8 Å². The molecular weight excluding hydrogens is 248 g/mol. The average Bonchev–Trinajstić information content (AvgIpc) is 2.44. The Morgan fingerprint density at radius 1 is 1.15 bits per heavy atom. The van der Waals surface area contributed by atoms with Crippen molar-refractivity contribution in [2.45, 2.75) is 20.8 Å². The maximum atomic E-state index is 12.8. The van der Waals surface area contributed by atoms with Crippen LogP contribution >= 0.6 is 0 Å². The van der Waals surface area contributed by atoms with Gasteiger partial charge in [0.2, 0.25) is 0 Å². The van der Waals surface area contributed by atoms with Gasteiger partial charge in [-0.25, -0.2) is 0 Å². The minimum absolute atomic E-state index is 0.00778. The van der Waals surface area contributed by atoms with E-state index in [1.807, 2.05) is 63.2 Å². The third-order valence-electron chi connectivity index (χ3n) is 3.41. The van der Waals surface area contributed by atoms with Gasteiger partial charge in [-0.3, -0.25) is 4.79 Å². The van der Waals surface area contributed by atoms with E-state index >= 15 is 0 Å². The number of amides is 1. The number of carbonyl (C=O) groups is 1. The van der Waals surface area contributed by atoms with Crippen molar-refractivity contribution in [3.05, 3.63) is 59.2 Å². The molecule has 0 aromatic heterocycles. The van der Waals surface area contributed by atoms with Crippen molar-refractivity contribution in [2.75, 3.05) is 17.2 Å². The Balaban J connectivity index is 2.45. The summed E-state index contributed by atoms with van der Waals surface area (Å²) in [6.45, 7) is 6.48. The van der Waals surface area contributed by atoms with E-state index in [0.29, 0.717) is 12.2 Å². The minimum atomic E-state index is -0.00778. The van der Waals surface area contributed by atoms with Crippen LogP contribution in [0.4, 0.5) is 11.4 Å². The number of benzene rings is 2. The molecule has 0 fully saturated rings. The fourth-order valence-electron chi connectivity index (χ4n) is 2.27. The lowest BCUT2D eigenvalue weighted by atomic mass is 10.0. The Labute approximate surface area is 120 Å². The molecule has 0 bridgehead atoms. The zero-order valence-corrected chi connectivity index (χ0v) is 12.2. The maximum Gasteiger partial charge on any atom is 0.258 e. The Bertz CT molecular complexity index is 635. The van der Waals surface area contributed by atoms with Gasteiger partial charge in [-0.2, -0.15) is 0 Å². The molecule has 0 saturated carbocycles. The van der Waals surface area contributed by atoms with Crippen LogP contribution in [0.1, 0.15) is 28.4 Å². The highest BCUT2D eigenvalue weighted by Gasteiger charge is 2.19. The second-order valence-electron chi connectivity index (χ2n) is 4.93. The van der Waals surface area contributed by atoms with Gasteiger partial charge in [0.1, 0.15) is 0 Å². The summed E-state index contributed by atoms with van der Waals surface area (Å²) in [5, 5.41) is 0. The lowest BCUT2D eigenvalue weighted by molar-refractivity contribution is 0.0987. The van der Waals surface area contributed by atoms with Crippen LogP contribution in [0.3, 0.4) is 0 Å². The molecule has 0 aliphatic carbocycles. The summed E-state index contributed by atoms with van der Waals surface area (Å²) in [6, 6.07) is 13.4. The Morgan fingerprint density at radius 3 is 2.50 bits per heavy atom. The second kappa shape index (κ2) is 5.78. The summed E-state index contributed by atoms with van der Waals surface area (Å²) in [5.41, 5.74) is 10.2. The minimum Gasteiger partial charge on any atom is -0.397 e. The topological polar surface area (TPSA) is 46.3 Å². The van der Waals surface area contributed by atoms with Crippen LogP contribution in [0.2, 0.25) is 0 Å². The van der Waals surface area contributed by atoms with Gasteiger partial charge >= 0.3 is 0 Å². The van der Waals surface area contributed by atoms with Gasteiger partial charge in [0.25, 0.3) is 5.91 Å². The molecule has 0 aliphatic heterocycles. The molecule has 0 spiro atoms. The summed E-state index contributed by atoms with van der Waals surface area (Å²) in [5.74, 6) is -0.00778. The van der Waals surface area contributed by atoms with E-state index in [1.54, 1.807) is 4.90 Å². The van der Waals surface area contributed by atoms with E-state index in [2.05, 4.69) is 0 Å². The van der Waals surface area contributed by atoms with E-state index in [4.69, 9.17) is 5.73 Å². The molecule has 104 valence electrons. The fraction of sp³-hybridized carbons (Fsp3) is 0.235. The van der Waals surface area contributed by atoms with E-state index < -0.39 is 0 Å². The largest absolute Gasteiger partial charge is 0.397 e. The molecule has 2 aromatic carbocycles. The smallest absolute Gasteiger partial charge is 0.258 e. The molecule has 2 aromatic rings. The lowest BCUT2D eigenvalue weighted by Gasteiger charge is -2.23. The predicted molar refractivity (Wildman–Crippen MR) is 84.1 cm³/mol. The number of hydrogen-bond acceptors (Lipinski definition) is 2. The SMILES string of the molecule is CCN(C(=O)c1cc(C)ccc1C)c1ccccc1N. The first kappa shape index (κ1) is 14.1. The standard InChI is InChI=1S/C17H20N2O/c1-4-19(16-8-6-5-7-15(16)18)17(20)14-11-12(2)9-10-13(14)3/h5-11H,4,18H2,1-3H3. The Morgan fingerprint density at radius 2 is 1.85 bits per heavy atom. The average molecular weight is 268 g/mol. The monoisotopic (exact) mass is 268 g/mol. The molecule has 0 radical (unpaired) electrons. The molecule has 0 aliphatic rings. The quantitative estimate of drug-likeness (QED) is 0.865. The molecule has 3 heteroatoms. The number of nitrogens with two attached hydrogens (primary N) is 1. The van der Waals surface area contributed by atoms with Crippen LogP contribution in [0.15, 0.2) is 42.5 Å². The van der Waals surface area contributed by atoms with Crippen molar-refractivity contribution in [3.8, 4) is 0 Å². The van der Waals surface area contributed by atoms with Crippen molar-refractivity contribution < 1.29 is 4.79 Å². The molecule has 0 heterocycles. The number of nitrogens with zero attached hydrogens (tertiary/aromatic N) is 1. The van der Waals surface area contributed by atoms with E-state index in [9.17, 15) is 4.79 Å². The molecule has 0 unspecified atom stereocenters. The van der Waals surface area contributed by atoms with E-state index in [1.165, 1.54) is 0 Å². The molecule has 1 amide bonds. The van der Waals surface area contributed by atoms with Crippen LogP contribution in [0.25, 0.3) is 0 Å². The summed E-state index contributed by atoms with van der Waals surface area (Å²) in [4.78, 5) is 14.5. The highest BCUT2D eigenvalue weighted by Crippen LogP contribution is 2.25. The first-order chi connectivity index (χ1) is 9.54. The first-order valence-electron chi connectivity index (χ1n) is 6.78. The molecule has 3 nitrogen and oxygen atoms in total. The number of nitrogen functional groups attached to an aromatic ring is 1. The zero-order valence-electron chi connectivity index (χ0n) is 12.2. The molecule has 0 saturated heterocycles. The fourth-order valence-corrected chi connectivity index (χ4v) is 2.27. The number of carbonyl (C=O) groups excluding carboxylic acids is 1. The molecule has 2 rings (SSSR count). The summed E-state index contributed by atoms with van der Waals surface area (Å²) >= 11 is 0. The maximum absolute atomic E-state index is 12.8. The van der Waals surface area contributed by atoms with Crippen molar-refractivity contribution in [1.29, 1.82) is 0 Å². The van der Waals surface area contributed by atoms with E-state index in [0.717, 1.165) is 22.4 Å². The van der Waals surface area contributed by atoms with Gasteiger partial charge in [-0.15, -0.1) is 0 Å². The third-order valence-corrected chi connectivity index (χ3v) is 3.41. The molecule has 20 heavy (non-hydrogen) atoms. The van der Waals surface area contributed by atoms with Gasteiger partial charge in [-0.1, -0.05) is 29.8 Å². The predicted octanol–water partition coefficient (Wildman–Crippen LogP) is 3.55. The van der Waals surface area contributed by atoms with Gasteiger partial charge in [0.15, 0.2) is 0 Å². The third kappa shape index (κ3) is 2.67. The normalized spacial score (nSPS) is 10.3. The number of para-hydroxylation sites is 2. The number of aryl methyl sites for hydroxylation is 2.